The van der Waals surface area contributed by atoms with Crippen LogP contribution in [0.5, 0.6) is 17.4 Å². The molecule has 3 aromatic rings. The summed E-state index contributed by atoms with van der Waals surface area (Å²) in [4.78, 5) is 13.1. The first kappa shape index (κ1) is 20.1. The van der Waals surface area contributed by atoms with Gasteiger partial charge in [0.1, 0.15) is 29.2 Å². The molecule has 1 aliphatic rings. The topological polar surface area (TPSA) is 48.7 Å². The Hall–Kier alpha value is -2.18. The van der Waals surface area contributed by atoms with E-state index in [0.29, 0.717) is 5.88 Å². The molecule has 0 aliphatic heterocycles. The average molecular weight is 413 g/mol. The van der Waals surface area contributed by atoms with Crippen molar-refractivity contribution in [1.82, 2.24) is 9.97 Å². The van der Waals surface area contributed by atoms with Crippen LogP contribution >= 0.6 is 11.3 Å². The van der Waals surface area contributed by atoms with Crippen LogP contribution in [-0.4, -0.2) is 30.2 Å². The van der Waals surface area contributed by atoms with E-state index >= 15 is 0 Å². The first-order valence-electron chi connectivity index (χ1n) is 10.7. The molecule has 4 rings (SSSR count). The zero-order chi connectivity index (χ0) is 20.2. The highest BCUT2D eigenvalue weighted by atomic mass is 32.1. The van der Waals surface area contributed by atoms with Gasteiger partial charge in [-0.1, -0.05) is 6.42 Å². The molecule has 1 aliphatic carbocycles. The van der Waals surface area contributed by atoms with Crippen molar-refractivity contribution in [3.05, 3.63) is 40.5 Å². The van der Waals surface area contributed by atoms with Crippen molar-refractivity contribution in [2.75, 3.05) is 20.2 Å². The molecule has 2 heterocycles. The van der Waals surface area contributed by atoms with Gasteiger partial charge in [0.2, 0.25) is 5.88 Å². The molecular formula is C23H30N3O2S+. The maximum absolute atomic E-state index is 6.46. The Kier molecular flexibility index (Phi) is 6.31. The Labute approximate surface area is 176 Å². The second kappa shape index (κ2) is 9.09. The maximum Gasteiger partial charge on any atom is 0.231 e. The van der Waals surface area contributed by atoms with Crippen LogP contribution in [-0.2, 0) is 19.4 Å². The van der Waals surface area contributed by atoms with Gasteiger partial charge in [-0.3, -0.25) is 0 Å². The molecule has 0 unspecified atom stereocenters. The Morgan fingerprint density at radius 1 is 1.07 bits per heavy atom. The molecule has 0 fully saturated rings. The lowest BCUT2D eigenvalue weighted by Crippen LogP contribution is -3.10. The minimum atomic E-state index is 0.690. The molecule has 1 aromatic carbocycles. The summed E-state index contributed by atoms with van der Waals surface area (Å²) in [5, 5.41) is 1.12. The van der Waals surface area contributed by atoms with Gasteiger partial charge in [0.15, 0.2) is 0 Å². The van der Waals surface area contributed by atoms with Crippen LogP contribution in [0.15, 0.2) is 24.5 Å². The van der Waals surface area contributed by atoms with E-state index in [2.05, 4.69) is 29.9 Å². The Morgan fingerprint density at radius 2 is 1.90 bits per heavy atom. The molecule has 2 aromatic heterocycles. The van der Waals surface area contributed by atoms with Gasteiger partial charge in [-0.25, -0.2) is 9.97 Å². The minimum absolute atomic E-state index is 0.690. The van der Waals surface area contributed by atoms with Gasteiger partial charge < -0.3 is 14.4 Å². The number of nitrogens with zero attached hydrogens (tertiary/aromatic N) is 2. The van der Waals surface area contributed by atoms with E-state index in [1.54, 1.807) is 13.4 Å². The highest BCUT2D eigenvalue weighted by molar-refractivity contribution is 7.18. The molecule has 6 heteroatoms. The van der Waals surface area contributed by atoms with Crippen molar-refractivity contribution in [1.29, 1.82) is 0 Å². The smallest absolute Gasteiger partial charge is 0.231 e. The van der Waals surface area contributed by atoms with Gasteiger partial charge in [-0.15, -0.1) is 11.3 Å². The van der Waals surface area contributed by atoms with Gasteiger partial charge in [-0.05, 0) is 63.3 Å². The number of hydrogen-bond acceptors (Lipinski definition) is 5. The SMILES string of the molecule is CC[NH+](CC)Cc1cc(OC)ccc1Oc1ncnc2sc3c(c12)CCCCC3. The lowest BCUT2D eigenvalue weighted by atomic mass is 10.1. The summed E-state index contributed by atoms with van der Waals surface area (Å²) < 4.78 is 11.9. The molecule has 0 atom stereocenters. The summed E-state index contributed by atoms with van der Waals surface area (Å²) in [6.07, 6.45) is 7.66. The Balaban J connectivity index is 1.74. The van der Waals surface area contributed by atoms with E-state index in [1.165, 1.54) is 34.6 Å². The number of hydrogen-bond donors (Lipinski definition) is 1. The number of methoxy groups -OCH3 is 1. The van der Waals surface area contributed by atoms with E-state index in [0.717, 1.165) is 59.8 Å². The number of ether oxygens (including phenoxy) is 2. The lowest BCUT2D eigenvalue weighted by Gasteiger charge is -2.18. The molecular weight excluding hydrogens is 382 g/mol. The molecule has 29 heavy (non-hydrogen) atoms. The van der Waals surface area contributed by atoms with Crippen LogP contribution in [0.25, 0.3) is 10.2 Å². The second-order valence-corrected chi connectivity index (χ2v) is 8.72. The van der Waals surface area contributed by atoms with Crippen LogP contribution in [0.3, 0.4) is 0 Å². The fourth-order valence-corrected chi connectivity index (χ4v) is 5.33. The molecule has 1 N–H and O–H groups in total. The van der Waals surface area contributed by atoms with Crippen molar-refractivity contribution in [2.45, 2.75) is 52.5 Å². The normalized spacial score (nSPS) is 14.1. The quantitative estimate of drug-likeness (QED) is 0.591. The summed E-state index contributed by atoms with van der Waals surface area (Å²) in [5.41, 5.74) is 2.55. The Morgan fingerprint density at radius 3 is 2.69 bits per heavy atom. The first-order valence-corrected chi connectivity index (χ1v) is 11.5. The molecule has 0 saturated carbocycles. The zero-order valence-electron chi connectivity index (χ0n) is 17.6. The zero-order valence-corrected chi connectivity index (χ0v) is 18.4. The number of nitrogens with one attached hydrogen (secondary N) is 1. The average Bonchev–Trinajstić information content (AvgIpc) is 2.95. The van der Waals surface area contributed by atoms with Crippen molar-refractivity contribution >= 4 is 21.6 Å². The minimum Gasteiger partial charge on any atom is -0.497 e. The van der Waals surface area contributed by atoms with Crippen LogP contribution in [0.1, 0.15) is 49.1 Å². The van der Waals surface area contributed by atoms with E-state index in [4.69, 9.17) is 9.47 Å². The van der Waals surface area contributed by atoms with Gasteiger partial charge in [0.05, 0.1) is 31.1 Å². The largest absolute Gasteiger partial charge is 0.497 e. The second-order valence-electron chi connectivity index (χ2n) is 7.63. The number of thiophene rings is 1. The summed E-state index contributed by atoms with van der Waals surface area (Å²) in [7, 11) is 1.71. The van der Waals surface area contributed by atoms with Crippen LogP contribution in [0, 0.1) is 0 Å². The van der Waals surface area contributed by atoms with E-state index < -0.39 is 0 Å². The number of benzene rings is 1. The van der Waals surface area contributed by atoms with Crippen molar-refractivity contribution in [2.24, 2.45) is 0 Å². The lowest BCUT2D eigenvalue weighted by molar-refractivity contribution is -0.910. The predicted octanol–water partition coefficient (Wildman–Crippen LogP) is 4.19. The standard InChI is InChI=1S/C23H29N3O2S/c1-4-26(5-2)14-16-13-17(27-3)11-12-19(16)28-22-21-18-9-7-6-8-10-20(18)29-23(21)25-15-24-22/h11-13,15H,4-10,14H2,1-3H3/p+1. The molecule has 0 radical (unpaired) electrons. The fraction of sp³-hybridized carbons (Fsp3) is 0.478. The predicted molar refractivity (Wildman–Crippen MR) is 117 cm³/mol. The molecule has 5 nitrogen and oxygen atoms in total. The monoisotopic (exact) mass is 412 g/mol. The van der Waals surface area contributed by atoms with Crippen LogP contribution < -0.4 is 14.4 Å². The number of fused-ring (bicyclic) bond motifs is 3. The third-order valence-corrected chi connectivity index (χ3v) is 7.08. The third kappa shape index (κ3) is 4.23. The van der Waals surface area contributed by atoms with Crippen molar-refractivity contribution in [3.63, 3.8) is 0 Å². The molecule has 0 spiro atoms. The van der Waals surface area contributed by atoms with E-state index in [9.17, 15) is 0 Å². The number of rotatable bonds is 7. The van der Waals surface area contributed by atoms with Crippen LogP contribution in [0.2, 0.25) is 0 Å². The molecule has 0 bridgehead atoms. The van der Waals surface area contributed by atoms with Gasteiger partial charge >= 0.3 is 0 Å². The summed E-state index contributed by atoms with van der Waals surface area (Å²) in [6.45, 7) is 7.48. The fourth-order valence-electron chi connectivity index (χ4n) is 4.11. The van der Waals surface area contributed by atoms with E-state index in [1.807, 2.05) is 23.5 Å². The third-order valence-electron chi connectivity index (χ3n) is 5.88. The summed E-state index contributed by atoms with van der Waals surface area (Å²) in [5.74, 6) is 2.41. The highest BCUT2D eigenvalue weighted by Gasteiger charge is 2.21. The highest BCUT2D eigenvalue weighted by Crippen LogP contribution is 2.40. The van der Waals surface area contributed by atoms with Gasteiger partial charge in [0, 0.05) is 4.88 Å². The summed E-state index contributed by atoms with van der Waals surface area (Å²) in [6, 6.07) is 6.06. The van der Waals surface area contributed by atoms with Crippen molar-refractivity contribution < 1.29 is 14.4 Å². The molecule has 0 amide bonds. The van der Waals surface area contributed by atoms with Gasteiger partial charge in [0.25, 0.3) is 0 Å². The maximum atomic E-state index is 6.46. The number of aryl methyl sites for hydroxylation is 2. The molecule has 154 valence electrons. The summed E-state index contributed by atoms with van der Waals surface area (Å²) >= 11 is 1.81. The van der Waals surface area contributed by atoms with Crippen LogP contribution in [0.4, 0.5) is 0 Å². The van der Waals surface area contributed by atoms with E-state index in [-0.39, 0.29) is 0 Å². The van der Waals surface area contributed by atoms with Gasteiger partial charge in [-0.2, -0.15) is 0 Å². The van der Waals surface area contributed by atoms with Crippen molar-refractivity contribution in [3.8, 4) is 17.4 Å². The number of aromatic nitrogens is 2. The molecule has 0 saturated heterocycles. The number of quaternary nitrogens is 1. The first-order chi connectivity index (χ1) is 14.2. The Bertz CT molecular complexity index is 982.